The Bertz CT molecular complexity index is 864. The van der Waals surface area contributed by atoms with Crippen LogP contribution in [0.1, 0.15) is 45.2 Å². The van der Waals surface area contributed by atoms with E-state index in [0.717, 1.165) is 0 Å². The first-order valence-corrected chi connectivity index (χ1v) is 8.61. The second-order valence-corrected chi connectivity index (χ2v) is 7.52. The summed E-state index contributed by atoms with van der Waals surface area (Å²) in [6.45, 7) is 8.75. The molecule has 1 heterocycles. The number of nitrogens with two attached hydrogens (primary N) is 1. The van der Waals surface area contributed by atoms with Gasteiger partial charge in [0.15, 0.2) is 0 Å². The monoisotopic (exact) mass is 375 g/mol. The van der Waals surface area contributed by atoms with E-state index in [9.17, 15) is 14.4 Å². The number of rotatable bonds is 5. The Hall–Kier alpha value is -3.03. The number of alkyl carbamates (subject to hydrolysis) is 1. The van der Waals surface area contributed by atoms with Crippen LogP contribution in [-0.4, -0.2) is 29.6 Å². The van der Waals surface area contributed by atoms with Crippen molar-refractivity contribution in [1.29, 1.82) is 0 Å². The van der Waals surface area contributed by atoms with Crippen LogP contribution in [0.2, 0.25) is 0 Å². The van der Waals surface area contributed by atoms with Crippen molar-refractivity contribution in [2.45, 2.75) is 46.3 Å². The molecule has 0 saturated heterocycles. The lowest BCUT2D eigenvalue weighted by Gasteiger charge is -2.25. The van der Waals surface area contributed by atoms with Crippen molar-refractivity contribution < 1.29 is 23.5 Å². The van der Waals surface area contributed by atoms with Crippen LogP contribution in [0.15, 0.2) is 28.7 Å². The predicted octanol–water partition coefficient (Wildman–Crippen LogP) is 3.02. The fourth-order valence-corrected chi connectivity index (χ4v) is 2.51. The molecule has 2 aromatic rings. The lowest BCUT2D eigenvalue weighted by Crippen LogP contribution is -2.48. The van der Waals surface area contributed by atoms with Crippen LogP contribution in [0, 0.1) is 5.92 Å². The summed E-state index contributed by atoms with van der Waals surface area (Å²) < 4.78 is 10.7. The maximum Gasteiger partial charge on any atom is 0.408 e. The number of anilines is 1. The summed E-state index contributed by atoms with van der Waals surface area (Å²) in [5, 5.41) is 5.76. The van der Waals surface area contributed by atoms with Crippen LogP contribution >= 0.6 is 0 Å². The summed E-state index contributed by atoms with van der Waals surface area (Å²) in [6.07, 6.45) is -0.705. The van der Waals surface area contributed by atoms with Crippen LogP contribution in [0.4, 0.5) is 10.5 Å². The lowest BCUT2D eigenvalue weighted by molar-refractivity contribution is -0.119. The van der Waals surface area contributed by atoms with Crippen molar-refractivity contribution in [3.63, 3.8) is 0 Å². The van der Waals surface area contributed by atoms with Crippen LogP contribution < -0.4 is 16.4 Å². The maximum atomic E-state index is 12.8. The summed E-state index contributed by atoms with van der Waals surface area (Å²) in [5.74, 6) is -1.69. The number of hydrogen-bond donors (Lipinski definition) is 3. The molecule has 2 rings (SSSR count). The largest absolute Gasteiger partial charge is 0.449 e. The number of primary amides is 1. The number of amides is 3. The highest BCUT2D eigenvalue weighted by Gasteiger charge is 2.29. The molecule has 0 aliphatic carbocycles. The van der Waals surface area contributed by atoms with Gasteiger partial charge in [-0.25, -0.2) is 4.79 Å². The highest BCUT2D eigenvalue weighted by Crippen LogP contribution is 2.30. The molecule has 27 heavy (non-hydrogen) atoms. The van der Waals surface area contributed by atoms with Gasteiger partial charge in [0.1, 0.15) is 22.9 Å². The third kappa shape index (κ3) is 4.99. The van der Waals surface area contributed by atoms with Crippen molar-refractivity contribution in [2.75, 3.05) is 5.32 Å². The molecule has 8 heteroatoms. The van der Waals surface area contributed by atoms with E-state index in [2.05, 4.69) is 10.6 Å². The van der Waals surface area contributed by atoms with Crippen molar-refractivity contribution >= 4 is 34.6 Å². The summed E-state index contributed by atoms with van der Waals surface area (Å²) in [4.78, 5) is 36.6. The van der Waals surface area contributed by atoms with Gasteiger partial charge in [-0.05, 0) is 38.8 Å². The van der Waals surface area contributed by atoms with Gasteiger partial charge in [0.25, 0.3) is 5.91 Å². The van der Waals surface area contributed by atoms with E-state index in [1.54, 1.807) is 58.9 Å². The smallest absolute Gasteiger partial charge is 0.408 e. The second-order valence-electron chi connectivity index (χ2n) is 7.52. The van der Waals surface area contributed by atoms with Crippen LogP contribution in [0.25, 0.3) is 11.0 Å². The van der Waals surface area contributed by atoms with E-state index in [0.29, 0.717) is 11.0 Å². The minimum Gasteiger partial charge on any atom is -0.449 e. The van der Waals surface area contributed by atoms with Gasteiger partial charge >= 0.3 is 6.09 Å². The molecule has 0 fully saturated rings. The minimum atomic E-state index is -0.880. The summed E-state index contributed by atoms with van der Waals surface area (Å²) in [6, 6.07) is 5.97. The molecule has 1 atom stereocenters. The Morgan fingerprint density at radius 2 is 1.78 bits per heavy atom. The number of carbonyl (C=O) groups is 3. The molecule has 146 valence electrons. The highest BCUT2D eigenvalue weighted by molar-refractivity contribution is 6.11. The zero-order chi connectivity index (χ0) is 20.4. The fourth-order valence-electron chi connectivity index (χ4n) is 2.51. The molecule has 0 aliphatic rings. The zero-order valence-corrected chi connectivity index (χ0v) is 16.1. The second kappa shape index (κ2) is 7.69. The van der Waals surface area contributed by atoms with E-state index in [4.69, 9.17) is 14.9 Å². The van der Waals surface area contributed by atoms with Crippen molar-refractivity contribution in [2.24, 2.45) is 11.7 Å². The first-order valence-electron chi connectivity index (χ1n) is 8.61. The number of benzene rings is 1. The van der Waals surface area contributed by atoms with Gasteiger partial charge in [0.2, 0.25) is 11.7 Å². The van der Waals surface area contributed by atoms with Gasteiger partial charge in [-0.15, -0.1) is 0 Å². The Kier molecular flexibility index (Phi) is 5.78. The van der Waals surface area contributed by atoms with E-state index >= 15 is 0 Å². The molecule has 4 N–H and O–H groups in total. The van der Waals surface area contributed by atoms with E-state index < -0.39 is 29.6 Å². The van der Waals surface area contributed by atoms with Crippen molar-refractivity contribution in [3.05, 3.63) is 30.0 Å². The number of nitrogens with one attached hydrogen (secondary N) is 2. The number of hydrogen-bond acceptors (Lipinski definition) is 5. The Morgan fingerprint density at radius 1 is 1.15 bits per heavy atom. The molecular formula is C19H25N3O5. The minimum absolute atomic E-state index is 0.149. The first-order chi connectivity index (χ1) is 12.5. The number of furan rings is 1. The molecule has 0 aliphatic heterocycles. The van der Waals surface area contributed by atoms with Gasteiger partial charge in [0.05, 0.1) is 0 Å². The van der Waals surface area contributed by atoms with E-state index in [-0.39, 0.29) is 17.4 Å². The molecule has 0 saturated carbocycles. The SMILES string of the molecule is CC(C)[C@@H](NC(=O)OC(C)(C)C)C(=O)Nc1c(C(N)=O)oc2ccccc12. The molecule has 0 radical (unpaired) electrons. The number of carbonyl (C=O) groups excluding carboxylic acids is 3. The van der Waals surface area contributed by atoms with Gasteiger partial charge in [-0.3, -0.25) is 9.59 Å². The molecule has 8 nitrogen and oxygen atoms in total. The maximum absolute atomic E-state index is 12.8. The molecular weight excluding hydrogens is 350 g/mol. The Morgan fingerprint density at radius 3 is 2.33 bits per heavy atom. The molecule has 1 aromatic carbocycles. The third-order valence-electron chi connectivity index (χ3n) is 3.69. The summed E-state index contributed by atoms with van der Waals surface area (Å²) >= 11 is 0. The molecule has 3 amide bonds. The highest BCUT2D eigenvalue weighted by atomic mass is 16.6. The van der Waals surface area contributed by atoms with Crippen LogP contribution in [0.3, 0.4) is 0 Å². The topological polar surface area (TPSA) is 124 Å². The van der Waals surface area contributed by atoms with Crippen LogP contribution in [-0.2, 0) is 9.53 Å². The quantitative estimate of drug-likeness (QED) is 0.741. The molecule has 0 bridgehead atoms. The van der Waals surface area contributed by atoms with E-state index in [1.807, 2.05) is 0 Å². The lowest BCUT2D eigenvalue weighted by atomic mass is 10.0. The normalized spacial score (nSPS) is 12.7. The zero-order valence-electron chi connectivity index (χ0n) is 16.1. The molecule has 0 unspecified atom stereocenters. The van der Waals surface area contributed by atoms with Gasteiger partial charge in [0, 0.05) is 5.39 Å². The van der Waals surface area contributed by atoms with Gasteiger partial charge in [-0.1, -0.05) is 26.0 Å². The van der Waals surface area contributed by atoms with Gasteiger partial charge in [-0.2, -0.15) is 0 Å². The standard InChI is InChI=1S/C19H25N3O5/c1-10(2)13(22-18(25)27-19(3,4)5)17(24)21-14-11-8-6-7-9-12(11)26-15(14)16(20)23/h6-10,13H,1-5H3,(H2,20,23)(H,21,24)(H,22,25)/t13-/m1/s1. The molecule has 1 aromatic heterocycles. The van der Waals surface area contributed by atoms with E-state index in [1.165, 1.54) is 0 Å². The Balaban J connectivity index is 2.28. The number of ether oxygens (including phenoxy) is 1. The van der Waals surface area contributed by atoms with Crippen molar-refractivity contribution in [3.8, 4) is 0 Å². The molecule has 0 spiro atoms. The fraction of sp³-hybridized carbons (Fsp3) is 0.421. The average Bonchev–Trinajstić information content (AvgIpc) is 2.89. The third-order valence-corrected chi connectivity index (χ3v) is 3.69. The average molecular weight is 375 g/mol. The van der Waals surface area contributed by atoms with Gasteiger partial charge < -0.3 is 25.5 Å². The van der Waals surface area contributed by atoms with Crippen molar-refractivity contribution in [1.82, 2.24) is 5.32 Å². The van der Waals surface area contributed by atoms with Crippen LogP contribution in [0.5, 0.6) is 0 Å². The number of para-hydroxylation sites is 1. The predicted molar refractivity (Wildman–Crippen MR) is 101 cm³/mol. The number of fused-ring (bicyclic) bond motifs is 1. The summed E-state index contributed by atoms with van der Waals surface area (Å²) in [5.41, 5.74) is 5.27. The first kappa shape index (κ1) is 20.3. The summed E-state index contributed by atoms with van der Waals surface area (Å²) in [7, 11) is 0. The Labute approximate surface area is 157 Å².